The Bertz CT molecular complexity index is 831. The van der Waals surface area contributed by atoms with E-state index in [1.807, 2.05) is 31.2 Å². The maximum Gasteiger partial charge on any atom is 0.367 e. The highest BCUT2D eigenvalue weighted by molar-refractivity contribution is 5.90. The zero-order valence-electron chi connectivity index (χ0n) is 11.1. The van der Waals surface area contributed by atoms with Crippen LogP contribution in [-0.4, -0.2) is 20.8 Å². The van der Waals surface area contributed by atoms with Gasteiger partial charge in [-0.3, -0.25) is 16.5 Å². The van der Waals surface area contributed by atoms with Crippen molar-refractivity contribution in [2.45, 2.75) is 6.92 Å². The Morgan fingerprint density at radius 3 is 2.38 bits per heavy atom. The summed E-state index contributed by atoms with van der Waals surface area (Å²) in [4.78, 5) is 23.1. The van der Waals surface area contributed by atoms with Crippen LogP contribution in [0.15, 0.2) is 38.4 Å². The van der Waals surface area contributed by atoms with Gasteiger partial charge in [0.1, 0.15) is 11.1 Å². The van der Waals surface area contributed by atoms with E-state index in [-0.39, 0.29) is 16.4 Å². The molecule has 3 rings (SSSR count). The summed E-state index contributed by atoms with van der Waals surface area (Å²) in [5.41, 5.74) is 1.27. The zero-order valence-corrected chi connectivity index (χ0v) is 11.1. The summed E-state index contributed by atoms with van der Waals surface area (Å²) in [6, 6.07) is 7.48. The van der Waals surface area contributed by atoms with Crippen molar-refractivity contribution < 1.29 is 10.00 Å². The van der Waals surface area contributed by atoms with Crippen LogP contribution in [0.2, 0.25) is 0 Å². The lowest BCUT2D eigenvalue weighted by atomic mass is 10.1. The SMILES string of the molecule is Cc1ccc(-c2n[nH]c(=O)c3[nH]oc(=O)c23)cc1.NN.O. The summed E-state index contributed by atoms with van der Waals surface area (Å²) in [7, 11) is 0. The molecule has 1 aromatic carbocycles. The van der Waals surface area contributed by atoms with Crippen LogP contribution in [0, 0.1) is 6.92 Å². The molecule has 0 bridgehead atoms. The topological polar surface area (TPSA) is 175 Å². The molecule has 0 atom stereocenters. The van der Waals surface area contributed by atoms with E-state index in [2.05, 4.69) is 31.6 Å². The number of hydrazine groups is 1. The number of rotatable bonds is 1. The van der Waals surface area contributed by atoms with Crippen molar-refractivity contribution in [3.63, 3.8) is 0 Å². The number of nitrogens with zero attached hydrogens (tertiary/aromatic N) is 1. The van der Waals surface area contributed by atoms with Crippen molar-refractivity contribution in [1.29, 1.82) is 0 Å². The molecule has 8 N–H and O–H groups in total. The monoisotopic (exact) mass is 293 g/mol. The van der Waals surface area contributed by atoms with E-state index in [1.165, 1.54) is 0 Å². The highest BCUT2D eigenvalue weighted by atomic mass is 16.5. The van der Waals surface area contributed by atoms with Gasteiger partial charge >= 0.3 is 5.63 Å². The molecule has 0 unspecified atom stereocenters. The quantitative estimate of drug-likeness (QED) is 0.336. The second kappa shape index (κ2) is 6.61. The molecule has 112 valence electrons. The number of fused-ring (bicyclic) bond motifs is 1. The third kappa shape index (κ3) is 2.89. The van der Waals surface area contributed by atoms with E-state index in [0.717, 1.165) is 11.1 Å². The maximum atomic E-state index is 11.6. The van der Waals surface area contributed by atoms with Crippen molar-refractivity contribution >= 4 is 10.9 Å². The fraction of sp³-hybridized carbons (Fsp3) is 0.0833. The highest BCUT2D eigenvalue weighted by Crippen LogP contribution is 2.21. The first-order chi connectivity index (χ1) is 9.66. The Balaban J connectivity index is 0.000000706. The number of nitrogens with one attached hydrogen (secondary N) is 2. The first-order valence-corrected chi connectivity index (χ1v) is 5.67. The van der Waals surface area contributed by atoms with Crippen LogP contribution in [0.3, 0.4) is 0 Å². The summed E-state index contributed by atoms with van der Waals surface area (Å²) in [5.74, 6) is 8.00. The third-order valence-corrected chi connectivity index (χ3v) is 2.76. The second-order valence-corrected chi connectivity index (χ2v) is 4.01. The van der Waals surface area contributed by atoms with Crippen LogP contribution in [0.1, 0.15) is 5.56 Å². The van der Waals surface area contributed by atoms with E-state index in [4.69, 9.17) is 0 Å². The number of aromatic amines is 2. The van der Waals surface area contributed by atoms with Crippen molar-refractivity contribution in [3.8, 4) is 11.3 Å². The second-order valence-electron chi connectivity index (χ2n) is 4.01. The van der Waals surface area contributed by atoms with Gasteiger partial charge in [-0.1, -0.05) is 29.8 Å². The van der Waals surface area contributed by atoms with E-state index >= 15 is 0 Å². The number of nitrogens with two attached hydrogens (primary N) is 2. The van der Waals surface area contributed by atoms with Crippen LogP contribution < -0.4 is 22.9 Å². The predicted molar refractivity (Wildman–Crippen MR) is 77.4 cm³/mol. The largest absolute Gasteiger partial charge is 0.412 e. The summed E-state index contributed by atoms with van der Waals surface area (Å²) in [6.45, 7) is 1.96. The smallest absolute Gasteiger partial charge is 0.367 e. The maximum absolute atomic E-state index is 11.6. The molecule has 2 heterocycles. The Kier molecular flexibility index (Phi) is 5.13. The molecule has 0 spiro atoms. The normalized spacial score (nSPS) is 9.67. The standard InChI is InChI=1S/C12H9N3O3.H4N2.H2O/c1-6-2-4-7(5-3-6)9-8-10(11(16)14-13-9)15-18-12(8)17;1-2;/h2-5,15H,1H3,(H,14,16);1-2H2;1H2. The van der Waals surface area contributed by atoms with Crippen LogP contribution in [-0.2, 0) is 0 Å². The molecule has 0 aliphatic rings. The minimum absolute atomic E-state index is 0. The molecule has 3 aromatic rings. The molecule has 0 aliphatic heterocycles. The van der Waals surface area contributed by atoms with Crippen LogP contribution >= 0.6 is 0 Å². The Morgan fingerprint density at radius 1 is 1.14 bits per heavy atom. The molecule has 0 fully saturated rings. The van der Waals surface area contributed by atoms with Gasteiger partial charge in [0.2, 0.25) is 0 Å². The molecular weight excluding hydrogens is 278 g/mol. The Labute approximate surface area is 117 Å². The van der Waals surface area contributed by atoms with Crippen molar-refractivity contribution in [3.05, 3.63) is 50.6 Å². The molecule has 9 heteroatoms. The fourth-order valence-corrected chi connectivity index (χ4v) is 1.82. The molecular formula is C12H15N5O4. The summed E-state index contributed by atoms with van der Waals surface area (Å²) < 4.78 is 4.64. The lowest BCUT2D eigenvalue weighted by molar-refractivity contribution is 0.399. The Hall–Kier alpha value is -2.75. The van der Waals surface area contributed by atoms with Crippen LogP contribution in [0.4, 0.5) is 0 Å². The van der Waals surface area contributed by atoms with Gasteiger partial charge in [0, 0.05) is 5.56 Å². The minimum atomic E-state index is -0.598. The van der Waals surface area contributed by atoms with Gasteiger partial charge in [-0.25, -0.2) is 15.0 Å². The first-order valence-electron chi connectivity index (χ1n) is 5.67. The average molecular weight is 293 g/mol. The minimum Gasteiger partial charge on any atom is -0.412 e. The van der Waals surface area contributed by atoms with E-state index in [9.17, 15) is 9.59 Å². The van der Waals surface area contributed by atoms with Gasteiger partial charge in [0.15, 0.2) is 5.52 Å². The molecule has 2 aromatic heterocycles. The van der Waals surface area contributed by atoms with Crippen molar-refractivity contribution in [2.75, 3.05) is 0 Å². The van der Waals surface area contributed by atoms with Gasteiger partial charge in [0.25, 0.3) is 5.56 Å². The van der Waals surface area contributed by atoms with Gasteiger partial charge in [0.05, 0.1) is 0 Å². The molecule has 9 nitrogen and oxygen atoms in total. The molecule has 0 radical (unpaired) electrons. The van der Waals surface area contributed by atoms with Crippen LogP contribution in [0.5, 0.6) is 0 Å². The number of aryl methyl sites for hydroxylation is 1. The summed E-state index contributed by atoms with van der Waals surface area (Å²) >= 11 is 0. The molecule has 0 saturated carbocycles. The third-order valence-electron chi connectivity index (χ3n) is 2.76. The molecule has 0 aliphatic carbocycles. The summed E-state index contributed by atoms with van der Waals surface area (Å²) in [6.07, 6.45) is 0. The fourth-order valence-electron chi connectivity index (χ4n) is 1.82. The van der Waals surface area contributed by atoms with Gasteiger partial charge in [-0.2, -0.15) is 5.10 Å². The Morgan fingerprint density at radius 2 is 1.76 bits per heavy atom. The van der Waals surface area contributed by atoms with E-state index in [1.54, 1.807) is 0 Å². The molecule has 21 heavy (non-hydrogen) atoms. The van der Waals surface area contributed by atoms with Crippen molar-refractivity contribution in [2.24, 2.45) is 11.7 Å². The van der Waals surface area contributed by atoms with Gasteiger partial charge in [-0.15, -0.1) is 0 Å². The lowest BCUT2D eigenvalue weighted by Gasteiger charge is -2.00. The number of benzene rings is 1. The highest BCUT2D eigenvalue weighted by Gasteiger charge is 2.15. The number of aromatic nitrogens is 3. The predicted octanol–water partition coefficient (Wildman–Crippen LogP) is -0.826. The number of hydrogen-bond donors (Lipinski definition) is 4. The van der Waals surface area contributed by atoms with E-state index < -0.39 is 11.2 Å². The molecule has 0 saturated heterocycles. The van der Waals surface area contributed by atoms with Crippen LogP contribution in [0.25, 0.3) is 22.2 Å². The van der Waals surface area contributed by atoms with E-state index in [0.29, 0.717) is 5.69 Å². The first kappa shape index (κ1) is 16.3. The van der Waals surface area contributed by atoms with Gasteiger partial charge < -0.3 is 10.00 Å². The van der Waals surface area contributed by atoms with Gasteiger partial charge in [-0.05, 0) is 6.92 Å². The van der Waals surface area contributed by atoms with Crippen molar-refractivity contribution in [1.82, 2.24) is 15.4 Å². The lowest BCUT2D eigenvalue weighted by Crippen LogP contribution is -2.11. The number of H-pyrrole nitrogens is 2. The average Bonchev–Trinajstić information content (AvgIpc) is 2.86. The summed E-state index contributed by atoms with van der Waals surface area (Å²) in [5, 5.41) is 8.73. The molecule has 0 amide bonds. The number of hydrogen-bond acceptors (Lipinski definition) is 6. The zero-order chi connectivity index (χ0) is 14.7.